The zero-order valence-electron chi connectivity index (χ0n) is 15.5. The third-order valence-electron chi connectivity index (χ3n) is 5.61. The van der Waals surface area contributed by atoms with Gasteiger partial charge in [0.1, 0.15) is 11.5 Å². The Kier molecular flexibility index (Phi) is 5.07. The van der Waals surface area contributed by atoms with Gasteiger partial charge >= 0.3 is 0 Å². The molecule has 26 heavy (non-hydrogen) atoms. The van der Waals surface area contributed by atoms with E-state index in [0.717, 1.165) is 43.1 Å². The number of fused-ring (bicyclic) bond motifs is 1. The fraction of sp³-hybridized carbons (Fsp3) is 0.524. The maximum absolute atomic E-state index is 12.4. The van der Waals surface area contributed by atoms with E-state index >= 15 is 0 Å². The molecule has 0 radical (unpaired) electrons. The second-order valence-corrected chi connectivity index (χ2v) is 7.55. The summed E-state index contributed by atoms with van der Waals surface area (Å²) >= 11 is 0. The summed E-state index contributed by atoms with van der Waals surface area (Å²) in [6.07, 6.45) is 7.49. The fourth-order valence-electron chi connectivity index (χ4n) is 4.25. The highest BCUT2D eigenvalue weighted by Gasteiger charge is 2.26. The number of aromatic nitrogens is 1. The normalized spacial score (nSPS) is 20.1. The van der Waals surface area contributed by atoms with Gasteiger partial charge in [0.2, 0.25) is 5.91 Å². The van der Waals surface area contributed by atoms with Crippen LogP contribution in [0.2, 0.25) is 0 Å². The molecule has 1 N–H and O–H groups in total. The highest BCUT2D eigenvalue weighted by molar-refractivity contribution is 5.91. The first-order valence-electron chi connectivity index (χ1n) is 9.78. The van der Waals surface area contributed by atoms with E-state index in [1.807, 2.05) is 19.1 Å². The van der Waals surface area contributed by atoms with Crippen molar-refractivity contribution >= 4 is 11.6 Å². The van der Waals surface area contributed by atoms with Crippen molar-refractivity contribution in [3.63, 3.8) is 0 Å². The van der Waals surface area contributed by atoms with Gasteiger partial charge < -0.3 is 9.84 Å². The van der Waals surface area contributed by atoms with Crippen molar-refractivity contribution in [3.05, 3.63) is 46.8 Å². The molecule has 1 aliphatic heterocycles. The molecule has 1 fully saturated rings. The summed E-state index contributed by atoms with van der Waals surface area (Å²) in [6, 6.07) is 8.62. The van der Waals surface area contributed by atoms with Gasteiger partial charge in [0.05, 0.1) is 6.04 Å². The summed E-state index contributed by atoms with van der Waals surface area (Å²) in [5.74, 6) is 0.934. The number of aryl methyl sites for hydroxylation is 3. The molecule has 1 atom stereocenters. The molecule has 2 heterocycles. The van der Waals surface area contributed by atoms with E-state index in [1.165, 1.54) is 36.8 Å². The van der Waals surface area contributed by atoms with Crippen LogP contribution in [0.15, 0.2) is 28.8 Å². The van der Waals surface area contributed by atoms with E-state index in [9.17, 15) is 4.79 Å². The van der Waals surface area contributed by atoms with E-state index in [1.54, 1.807) is 0 Å². The predicted octanol–water partition coefficient (Wildman–Crippen LogP) is 4.03. The second-order valence-electron chi connectivity index (χ2n) is 7.55. The summed E-state index contributed by atoms with van der Waals surface area (Å²) in [6.45, 7) is 3.70. The van der Waals surface area contributed by atoms with Crippen LogP contribution in [0.1, 0.15) is 60.7 Å². The molecule has 1 aliphatic carbocycles. The highest BCUT2D eigenvalue weighted by atomic mass is 16.5. The zero-order chi connectivity index (χ0) is 17.9. The van der Waals surface area contributed by atoms with Crippen molar-refractivity contribution in [2.45, 2.75) is 57.9 Å². The van der Waals surface area contributed by atoms with Crippen molar-refractivity contribution in [2.24, 2.45) is 0 Å². The monoisotopic (exact) mass is 353 g/mol. The maximum atomic E-state index is 12.4. The third kappa shape index (κ3) is 3.83. The lowest BCUT2D eigenvalue weighted by Crippen LogP contribution is -2.35. The minimum absolute atomic E-state index is 0.0867. The molecule has 5 nitrogen and oxygen atoms in total. The van der Waals surface area contributed by atoms with Gasteiger partial charge in [-0.15, -0.1) is 0 Å². The van der Waals surface area contributed by atoms with Gasteiger partial charge in [0.15, 0.2) is 0 Å². The SMILES string of the molecule is Cc1cc([C@H]2CCCCN2CCC(=O)Nc2ccc3c(c2)CCC3)no1. The molecule has 1 aromatic heterocycles. The number of likely N-dealkylation sites (tertiary alicyclic amines) is 1. The second kappa shape index (κ2) is 7.62. The number of nitrogens with zero attached hydrogens (tertiary/aromatic N) is 2. The molecule has 2 aromatic rings. The topological polar surface area (TPSA) is 58.4 Å². The average Bonchev–Trinajstić information content (AvgIpc) is 3.28. The first-order valence-corrected chi connectivity index (χ1v) is 9.78. The number of carbonyl (C=O) groups excluding carboxylic acids is 1. The summed E-state index contributed by atoms with van der Waals surface area (Å²) in [4.78, 5) is 14.8. The maximum Gasteiger partial charge on any atom is 0.225 e. The molecule has 0 unspecified atom stereocenters. The van der Waals surface area contributed by atoms with E-state index in [-0.39, 0.29) is 11.9 Å². The number of anilines is 1. The molecule has 2 aliphatic rings. The van der Waals surface area contributed by atoms with Crippen LogP contribution in [0.5, 0.6) is 0 Å². The molecule has 0 spiro atoms. The molecule has 1 aromatic carbocycles. The Hall–Kier alpha value is -2.14. The molecule has 4 rings (SSSR count). The van der Waals surface area contributed by atoms with Crippen molar-refractivity contribution in [1.29, 1.82) is 0 Å². The number of hydrogen-bond acceptors (Lipinski definition) is 4. The van der Waals surface area contributed by atoms with Gasteiger partial charge in [0.25, 0.3) is 0 Å². The minimum Gasteiger partial charge on any atom is -0.361 e. The van der Waals surface area contributed by atoms with E-state index in [4.69, 9.17) is 4.52 Å². The number of benzene rings is 1. The Morgan fingerprint density at radius 1 is 1.23 bits per heavy atom. The predicted molar refractivity (Wildman–Crippen MR) is 101 cm³/mol. The fourth-order valence-corrected chi connectivity index (χ4v) is 4.25. The highest BCUT2D eigenvalue weighted by Crippen LogP contribution is 2.30. The van der Waals surface area contributed by atoms with Gasteiger partial charge in [-0.3, -0.25) is 9.69 Å². The van der Waals surface area contributed by atoms with Crippen LogP contribution >= 0.6 is 0 Å². The Labute approximate surface area is 154 Å². The van der Waals surface area contributed by atoms with Crippen LogP contribution in [0, 0.1) is 6.92 Å². The average molecular weight is 353 g/mol. The number of carbonyl (C=O) groups is 1. The lowest BCUT2D eigenvalue weighted by atomic mass is 9.99. The van der Waals surface area contributed by atoms with E-state index < -0.39 is 0 Å². The Balaban J connectivity index is 1.34. The molecule has 0 bridgehead atoms. The van der Waals surface area contributed by atoms with Crippen molar-refractivity contribution in [1.82, 2.24) is 10.1 Å². The lowest BCUT2D eigenvalue weighted by Gasteiger charge is -2.34. The number of nitrogens with one attached hydrogen (secondary N) is 1. The molecular weight excluding hydrogens is 326 g/mol. The van der Waals surface area contributed by atoms with Crippen molar-refractivity contribution < 1.29 is 9.32 Å². The van der Waals surface area contributed by atoms with Gasteiger partial charge in [-0.05, 0) is 68.8 Å². The quantitative estimate of drug-likeness (QED) is 0.882. The lowest BCUT2D eigenvalue weighted by molar-refractivity contribution is -0.116. The third-order valence-corrected chi connectivity index (χ3v) is 5.61. The first kappa shape index (κ1) is 17.3. The van der Waals surface area contributed by atoms with Gasteiger partial charge in [-0.1, -0.05) is 17.6 Å². The summed E-state index contributed by atoms with van der Waals surface area (Å²) in [5, 5.41) is 7.27. The van der Waals surface area contributed by atoms with Crippen LogP contribution < -0.4 is 5.32 Å². The molecule has 1 saturated heterocycles. The van der Waals surface area contributed by atoms with Crippen LogP contribution in [0.25, 0.3) is 0 Å². The van der Waals surface area contributed by atoms with Crippen molar-refractivity contribution in [2.75, 3.05) is 18.4 Å². The smallest absolute Gasteiger partial charge is 0.225 e. The van der Waals surface area contributed by atoms with E-state index in [0.29, 0.717) is 6.42 Å². The van der Waals surface area contributed by atoms with Gasteiger partial charge in [-0.2, -0.15) is 0 Å². The molecule has 5 heteroatoms. The zero-order valence-corrected chi connectivity index (χ0v) is 15.5. The summed E-state index contributed by atoms with van der Waals surface area (Å²) < 4.78 is 5.25. The number of piperidine rings is 1. The van der Waals surface area contributed by atoms with Gasteiger partial charge in [-0.25, -0.2) is 0 Å². The Morgan fingerprint density at radius 3 is 2.96 bits per heavy atom. The largest absolute Gasteiger partial charge is 0.361 e. The molecular formula is C21H27N3O2. The number of hydrogen-bond donors (Lipinski definition) is 1. The Bertz CT molecular complexity index is 783. The summed E-state index contributed by atoms with van der Waals surface area (Å²) in [5.41, 5.74) is 4.75. The van der Waals surface area contributed by atoms with Crippen LogP contribution in [-0.4, -0.2) is 29.1 Å². The number of rotatable bonds is 5. The first-order chi connectivity index (χ1) is 12.7. The minimum atomic E-state index is 0.0867. The van der Waals surface area contributed by atoms with Gasteiger partial charge in [0, 0.05) is 24.7 Å². The molecule has 0 saturated carbocycles. The van der Waals surface area contributed by atoms with Crippen molar-refractivity contribution in [3.8, 4) is 0 Å². The van der Waals surface area contributed by atoms with Crippen LogP contribution in [0.3, 0.4) is 0 Å². The molecule has 138 valence electrons. The van der Waals surface area contributed by atoms with Crippen LogP contribution in [-0.2, 0) is 17.6 Å². The number of amides is 1. The Morgan fingerprint density at radius 2 is 2.12 bits per heavy atom. The summed E-state index contributed by atoms with van der Waals surface area (Å²) in [7, 11) is 0. The van der Waals surface area contributed by atoms with E-state index in [2.05, 4.69) is 27.5 Å². The molecule has 1 amide bonds. The standard InChI is InChI=1S/C21H27N3O2/c1-15-13-19(23-26-15)20-7-2-3-11-24(20)12-10-21(25)22-18-9-8-16-5-4-6-17(16)14-18/h8-9,13-14,20H,2-7,10-12H2,1H3,(H,22,25)/t20-/m1/s1. The van der Waals surface area contributed by atoms with Crippen LogP contribution in [0.4, 0.5) is 5.69 Å².